The molecule has 0 saturated carbocycles. The molecule has 1 heterocycles. The van der Waals surface area contributed by atoms with Gasteiger partial charge in [0.05, 0.1) is 13.2 Å². The number of benzene rings is 1. The Hall–Kier alpha value is -0.860. The second kappa shape index (κ2) is 5.65. The van der Waals surface area contributed by atoms with Crippen LogP contribution in [0.2, 0.25) is 0 Å². The minimum absolute atomic E-state index is 0.540. The lowest BCUT2D eigenvalue weighted by Crippen LogP contribution is -2.34. The van der Waals surface area contributed by atoms with Crippen LogP contribution in [0.3, 0.4) is 0 Å². The van der Waals surface area contributed by atoms with Crippen LogP contribution < -0.4 is 0 Å². The number of aryl methyl sites for hydroxylation is 1. The van der Waals surface area contributed by atoms with Crippen molar-refractivity contribution in [2.75, 3.05) is 13.2 Å². The van der Waals surface area contributed by atoms with Crippen molar-refractivity contribution in [1.29, 1.82) is 0 Å². The van der Waals surface area contributed by atoms with Crippen LogP contribution in [-0.2, 0) is 21.7 Å². The molecule has 94 valence electrons. The van der Waals surface area contributed by atoms with Gasteiger partial charge >= 0.3 is 0 Å². The Kier molecular flexibility index (Phi) is 4.19. The summed E-state index contributed by atoms with van der Waals surface area (Å²) in [5, 5.41) is 0. The molecule has 0 aromatic heterocycles. The Labute approximate surface area is 104 Å². The summed E-state index contributed by atoms with van der Waals surface area (Å²) < 4.78 is 11.5. The average Bonchev–Trinajstić information content (AvgIpc) is 2.38. The zero-order valence-electron chi connectivity index (χ0n) is 10.9. The summed E-state index contributed by atoms with van der Waals surface area (Å²) in [6.45, 7) is 5.80. The molecule has 1 fully saturated rings. The van der Waals surface area contributed by atoms with Gasteiger partial charge in [0.1, 0.15) is 0 Å². The summed E-state index contributed by atoms with van der Waals surface area (Å²) in [7, 11) is 0. The van der Waals surface area contributed by atoms with E-state index >= 15 is 0 Å². The van der Waals surface area contributed by atoms with E-state index < -0.39 is 5.79 Å². The molecule has 1 aliphatic rings. The van der Waals surface area contributed by atoms with E-state index in [0.717, 1.165) is 31.6 Å². The molecule has 1 aliphatic heterocycles. The van der Waals surface area contributed by atoms with E-state index in [9.17, 15) is 0 Å². The van der Waals surface area contributed by atoms with Crippen LogP contribution in [0, 0.1) is 0 Å². The number of unbranched alkanes of at least 4 members (excludes halogenated alkanes) is 1. The molecule has 17 heavy (non-hydrogen) atoms. The minimum atomic E-state index is -0.540. The Bertz CT molecular complexity index is 336. The monoisotopic (exact) mass is 234 g/mol. The third-order valence-electron chi connectivity index (χ3n) is 3.34. The first-order valence-corrected chi connectivity index (χ1v) is 6.62. The van der Waals surface area contributed by atoms with E-state index in [1.807, 2.05) is 6.92 Å². The summed E-state index contributed by atoms with van der Waals surface area (Å²) >= 11 is 0. The van der Waals surface area contributed by atoms with E-state index in [-0.39, 0.29) is 0 Å². The highest BCUT2D eigenvalue weighted by Gasteiger charge is 2.30. The molecule has 2 nitrogen and oxygen atoms in total. The Morgan fingerprint density at radius 3 is 2.35 bits per heavy atom. The van der Waals surface area contributed by atoms with E-state index in [1.54, 1.807) is 0 Å². The van der Waals surface area contributed by atoms with Crippen molar-refractivity contribution < 1.29 is 9.47 Å². The molecule has 0 spiro atoms. The third-order valence-corrected chi connectivity index (χ3v) is 3.34. The molecule has 0 N–H and O–H groups in total. The van der Waals surface area contributed by atoms with Crippen molar-refractivity contribution in [3.63, 3.8) is 0 Å². The number of ether oxygens (including phenoxy) is 2. The summed E-state index contributed by atoms with van der Waals surface area (Å²) in [6, 6.07) is 8.65. The zero-order valence-corrected chi connectivity index (χ0v) is 10.9. The highest BCUT2D eigenvalue weighted by Crippen LogP contribution is 2.30. The smallest absolute Gasteiger partial charge is 0.191 e. The van der Waals surface area contributed by atoms with Gasteiger partial charge in [-0.2, -0.15) is 0 Å². The highest BCUT2D eigenvalue weighted by atomic mass is 16.7. The van der Waals surface area contributed by atoms with E-state index in [4.69, 9.17) is 9.47 Å². The summed E-state index contributed by atoms with van der Waals surface area (Å²) in [4.78, 5) is 0. The molecule has 1 saturated heterocycles. The first kappa shape index (κ1) is 12.6. The van der Waals surface area contributed by atoms with Gasteiger partial charge in [-0.3, -0.25) is 0 Å². The van der Waals surface area contributed by atoms with Gasteiger partial charge in [0, 0.05) is 5.56 Å². The van der Waals surface area contributed by atoms with Crippen molar-refractivity contribution in [3.8, 4) is 0 Å². The van der Waals surface area contributed by atoms with Gasteiger partial charge in [-0.1, -0.05) is 37.6 Å². The number of rotatable bonds is 4. The van der Waals surface area contributed by atoms with Crippen molar-refractivity contribution in [2.45, 2.75) is 45.3 Å². The van der Waals surface area contributed by atoms with Gasteiger partial charge in [-0.05, 0) is 31.7 Å². The molecular weight excluding hydrogens is 212 g/mol. The van der Waals surface area contributed by atoms with Crippen LogP contribution >= 0.6 is 0 Å². The molecule has 0 aliphatic carbocycles. The maximum absolute atomic E-state index is 5.75. The van der Waals surface area contributed by atoms with E-state index in [2.05, 4.69) is 31.2 Å². The van der Waals surface area contributed by atoms with Crippen LogP contribution in [0.25, 0.3) is 0 Å². The molecule has 1 aromatic carbocycles. The lowest BCUT2D eigenvalue weighted by Gasteiger charge is -2.34. The Balaban J connectivity index is 2.06. The first-order valence-electron chi connectivity index (χ1n) is 6.62. The number of hydrogen-bond acceptors (Lipinski definition) is 2. The molecule has 2 heteroatoms. The Morgan fingerprint density at radius 1 is 1.12 bits per heavy atom. The molecular formula is C15H22O2. The van der Waals surface area contributed by atoms with Crippen LogP contribution in [0.4, 0.5) is 0 Å². The first-order chi connectivity index (χ1) is 8.24. The number of hydrogen-bond donors (Lipinski definition) is 0. The van der Waals surface area contributed by atoms with Crippen LogP contribution in [0.1, 0.15) is 44.2 Å². The van der Waals surface area contributed by atoms with Gasteiger partial charge in [0.15, 0.2) is 5.79 Å². The molecule has 0 amide bonds. The largest absolute Gasteiger partial charge is 0.346 e. The van der Waals surface area contributed by atoms with Crippen LogP contribution in [-0.4, -0.2) is 13.2 Å². The van der Waals surface area contributed by atoms with Crippen molar-refractivity contribution in [1.82, 2.24) is 0 Å². The fraction of sp³-hybridized carbons (Fsp3) is 0.600. The molecule has 0 atom stereocenters. The van der Waals surface area contributed by atoms with Crippen molar-refractivity contribution in [3.05, 3.63) is 35.4 Å². The quantitative estimate of drug-likeness (QED) is 0.792. The lowest BCUT2D eigenvalue weighted by atomic mass is 10.0. The minimum Gasteiger partial charge on any atom is -0.346 e. The maximum Gasteiger partial charge on any atom is 0.191 e. The SMILES string of the molecule is CCCCc1ccc(C2(C)OCCCO2)cc1. The maximum atomic E-state index is 5.75. The third kappa shape index (κ3) is 3.08. The molecule has 2 rings (SSSR count). The second-order valence-electron chi connectivity index (χ2n) is 4.80. The lowest BCUT2D eigenvalue weighted by molar-refractivity contribution is -0.264. The molecule has 0 radical (unpaired) electrons. The molecule has 0 unspecified atom stereocenters. The van der Waals surface area contributed by atoms with Crippen LogP contribution in [0.15, 0.2) is 24.3 Å². The second-order valence-corrected chi connectivity index (χ2v) is 4.80. The fourth-order valence-electron chi connectivity index (χ4n) is 2.16. The topological polar surface area (TPSA) is 18.5 Å². The van der Waals surface area contributed by atoms with Gasteiger partial charge in [0.25, 0.3) is 0 Å². The fourth-order valence-corrected chi connectivity index (χ4v) is 2.16. The van der Waals surface area contributed by atoms with Gasteiger partial charge in [-0.25, -0.2) is 0 Å². The van der Waals surface area contributed by atoms with E-state index in [1.165, 1.54) is 18.4 Å². The van der Waals surface area contributed by atoms with Crippen molar-refractivity contribution >= 4 is 0 Å². The summed E-state index contributed by atoms with van der Waals surface area (Å²) in [5.74, 6) is -0.540. The van der Waals surface area contributed by atoms with Crippen molar-refractivity contribution in [2.24, 2.45) is 0 Å². The van der Waals surface area contributed by atoms with Gasteiger partial charge in [0.2, 0.25) is 0 Å². The van der Waals surface area contributed by atoms with Crippen LogP contribution in [0.5, 0.6) is 0 Å². The van der Waals surface area contributed by atoms with Gasteiger partial charge < -0.3 is 9.47 Å². The van der Waals surface area contributed by atoms with E-state index in [0.29, 0.717) is 0 Å². The summed E-state index contributed by atoms with van der Waals surface area (Å²) in [6.07, 6.45) is 4.65. The van der Waals surface area contributed by atoms with Gasteiger partial charge in [-0.15, -0.1) is 0 Å². The predicted octanol–water partition coefficient (Wildman–Crippen LogP) is 3.64. The Morgan fingerprint density at radius 2 is 1.76 bits per heavy atom. The highest BCUT2D eigenvalue weighted by molar-refractivity contribution is 5.26. The normalized spacial score (nSPS) is 19.2. The molecule has 1 aromatic rings. The average molecular weight is 234 g/mol. The molecule has 0 bridgehead atoms. The predicted molar refractivity (Wildman–Crippen MR) is 68.9 cm³/mol. The summed E-state index contributed by atoms with van der Waals surface area (Å²) in [5.41, 5.74) is 2.52. The standard InChI is InChI=1S/C15H22O2/c1-3-4-6-13-7-9-14(10-8-13)15(2)16-11-5-12-17-15/h7-10H,3-6,11-12H2,1-2H3. The zero-order chi connectivity index (χ0) is 12.1.